The quantitative estimate of drug-likeness (QED) is 0.656. The van der Waals surface area contributed by atoms with E-state index in [0.717, 1.165) is 6.42 Å². The van der Waals surface area contributed by atoms with Gasteiger partial charge in [0.1, 0.15) is 11.1 Å². The molecule has 2 aliphatic carbocycles. The van der Waals surface area contributed by atoms with Crippen LogP contribution < -0.4 is 0 Å². The van der Waals surface area contributed by atoms with Gasteiger partial charge in [0.2, 0.25) is 0 Å². The van der Waals surface area contributed by atoms with E-state index in [4.69, 9.17) is 10.2 Å². The summed E-state index contributed by atoms with van der Waals surface area (Å²) in [7, 11) is 0. The molecule has 1 fully saturated rings. The first kappa shape index (κ1) is 14.2. The zero-order valence-electron chi connectivity index (χ0n) is 14.2. The number of azo groups is 1. The lowest BCUT2D eigenvalue weighted by Gasteiger charge is -2.41. The minimum absolute atomic E-state index is 0.0667. The van der Waals surface area contributed by atoms with Gasteiger partial charge in [-0.15, -0.1) is 0 Å². The lowest BCUT2D eigenvalue weighted by Crippen LogP contribution is -2.44. The average molecular weight is 314 g/mol. The van der Waals surface area contributed by atoms with E-state index in [1.807, 2.05) is 0 Å². The number of nitrogens with zero attached hydrogens (tertiary/aromatic N) is 2. The molecule has 4 atom stereocenters. The van der Waals surface area contributed by atoms with E-state index in [9.17, 15) is 0 Å². The van der Waals surface area contributed by atoms with Gasteiger partial charge in [0.25, 0.3) is 0 Å². The fourth-order valence-corrected chi connectivity index (χ4v) is 5.86. The van der Waals surface area contributed by atoms with Gasteiger partial charge < -0.3 is 0 Å². The summed E-state index contributed by atoms with van der Waals surface area (Å²) in [6, 6.07) is 21.6. The van der Waals surface area contributed by atoms with Gasteiger partial charge in [-0.05, 0) is 17.5 Å². The predicted octanol–water partition coefficient (Wildman–Crippen LogP) is 5.48. The monoisotopic (exact) mass is 314 g/mol. The van der Waals surface area contributed by atoms with Crippen molar-refractivity contribution >= 4 is 0 Å². The summed E-state index contributed by atoms with van der Waals surface area (Å²) in [6.45, 7) is 4.75. The first-order valence-electron chi connectivity index (χ1n) is 8.86. The van der Waals surface area contributed by atoms with Gasteiger partial charge in [0.15, 0.2) is 0 Å². The molecule has 2 nitrogen and oxygen atoms in total. The molecule has 0 radical (unpaired) electrons. The highest BCUT2D eigenvalue weighted by Gasteiger charge is 2.77. The van der Waals surface area contributed by atoms with E-state index in [2.05, 4.69) is 86.7 Å². The molecule has 2 aromatic rings. The Morgan fingerprint density at radius 1 is 0.792 bits per heavy atom. The minimum atomic E-state index is -0.262. The molecule has 2 aromatic carbocycles. The van der Waals surface area contributed by atoms with E-state index in [-0.39, 0.29) is 16.5 Å². The van der Waals surface area contributed by atoms with E-state index in [1.54, 1.807) is 0 Å². The summed E-state index contributed by atoms with van der Waals surface area (Å²) < 4.78 is 0. The van der Waals surface area contributed by atoms with Crippen LogP contribution in [0.3, 0.4) is 0 Å². The van der Waals surface area contributed by atoms with Gasteiger partial charge in [0, 0.05) is 17.3 Å². The second-order valence-corrected chi connectivity index (χ2v) is 7.89. The molecule has 0 amide bonds. The number of allylic oxidation sites excluding steroid dienone is 1. The van der Waals surface area contributed by atoms with Crippen LogP contribution >= 0.6 is 0 Å². The maximum absolute atomic E-state index is 5.03. The molecule has 120 valence electrons. The molecule has 3 aliphatic rings. The van der Waals surface area contributed by atoms with Crippen molar-refractivity contribution in [3.63, 3.8) is 0 Å². The van der Waals surface area contributed by atoms with Gasteiger partial charge in [-0.25, -0.2) is 0 Å². The smallest absolute Gasteiger partial charge is 0.121 e. The van der Waals surface area contributed by atoms with Crippen LogP contribution in [0, 0.1) is 17.3 Å². The van der Waals surface area contributed by atoms with Crippen molar-refractivity contribution in [3.8, 4) is 0 Å². The minimum Gasteiger partial charge on any atom is -0.181 e. The Balaban J connectivity index is 1.81. The molecule has 1 aliphatic heterocycles. The summed E-state index contributed by atoms with van der Waals surface area (Å²) in [5.74, 6) is 0.917. The topological polar surface area (TPSA) is 24.7 Å². The summed E-state index contributed by atoms with van der Waals surface area (Å²) >= 11 is 0. The third-order valence-electron chi connectivity index (χ3n) is 6.88. The van der Waals surface area contributed by atoms with Gasteiger partial charge in [-0.2, -0.15) is 10.2 Å². The molecule has 0 aromatic heterocycles. The molecule has 5 rings (SSSR count). The van der Waals surface area contributed by atoms with Crippen LogP contribution in [-0.4, -0.2) is 0 Å². The number of fused-ring (bicyclic) bond motifs is 5. The Bertz CT molecular complexity index is 837. The van der Waals surface area contributed by atoms with Crippen LogP contribution in [0.4, 0.5) is 0 Å². The van der Waals surface area contributed by atoms with Crippen LogP contribution in [0.15, 0.2) is 83.0 Å². The summed E-state index contributed by atoms with van der Waals surface area (Å²) in [4.78, 5) is 0. The number of hydrogen-bond donors (Lipinski definition) is 0. The van der Waals surface area contributed by atoms with Crippen molar-refractivity contribution in [1.29, 1.82) is 0 Å². The molecule has 2 heteroatoms. The summed E-state index contributed by atoms with van der Waals surface area (Å²) in [5, 5.41) is 10.1. The highest BCUT2D eigenvalue weighted by Crippen LogP contribution is 2.76. The Morgan fingerprint density at radius 2 is 1.33 bits per heavy atom. The molecule has 0 unspecified atom stereocenters. The molecule has 24 heavy (non-hydrogen) atoms. The SMILES string of the molecule is CC1(C)[C@]2(c3ccccc3)N=N[C@@]1(c1ccccc1)[C@H]1CC=C[C@H]12. The Hall–Kier alpha value is -2.22. The van der Waals surface area contributed by atoms with E-state index in [1.165, 1.54) is 11.1 Å². The molecular formula is C22H22N2. The van der Waals surface area contributed by atoms with Gasteiger partial charge in [-0.3, -0.25) is 0 Å². The van der Waals surface area contributed by atoms with Crippen molar-refractivity contribution in [2.45, 2.75) is 31.3 Å². The maximum atomic E-state index is 5.03. The zero-order chi connectivity index (χ0) is 16.4. The highest BCUT2D eigenvalue weighted by atomic mass is 15.3. The number of hydrogen-bond acceptors (Lipinski definition) is 2. The molecule has 1 heterocycles. The number of rotatable bonds is 2. The first-order chi connectivity index (χ1) is 11.6. The van der Waals surface area contributed by atoms with E-state index >= 15 is 0 Å². The third kappa shape index (κ3) is 1.32. The highest BCUT2D eigenvalue weighted by molar-refractivity contribution is 5.47. The normalized spacial score (nSPS) is 37.8. The summed E-state index contributed by atoms with van der Waals surface area (Å²) in [6.07, 6.45) is 5.84. The third-order valence-corrected chi connectivity index (χ3v) is 6.88. The summed E-state index contributed by atoms with van der Waals surface area (Å²) in [5.41, 5.74) is 2.05. The van der Waals surface area contributed by atoms with Crippen LogP contribution in [0.5, 0.6) is 0 Å². The second-order valence-electron chi connectivity index (χ2n) is 7.89. The molecule has 0 saturated heterocycles. The molecule has 0 spiro atoms. The lowest BCUT2D eigenvalue weighted by molar-refractivity contribution is 0.150. The standard InChI is InChI=1S/C22H22N2/c1-20(2)21(16-10-5-3-6-11-16)18-14-9-15-19(18)22(20,24-23-21)17-12-7-4-8-13-17/h3-14,18-19H,15H2,1-2H3/t18-,19+,21-,22+/m1/s1. The maximum Gasteiger partial charge on any atom is 0.121 e. The Morgan fingerprint density at radius 3 is 1.96 bits per heavy atom. The Labute approximate surface area is 143 Å². The average Bonchev–Trinajstić information content (AvgIpc) is 3.24. The molecule has 0 N–H and O–H groups in total. The largest absolute Gasteiger partial charge is 0.181 e. The van der Waals surface area contributed by atoms with Crippen LogP contribution in [-0.2, 0) is 11.1 Å². The molecular weight excluding hydrogens is 292 g/mol. The number of benzene rings is 2. The van der Waals surface area contributed by atoms with E-state index < -0.39 is 0 Å². The van der Waals surface area contributed by atoms with Crippen molar-refractivity contribution in [3.05, 3.63) is 83.9 Å². The zero-order valence-corrected chi connectivity index (χ0v) is 14.2. The van der Waals surface area contributed by atoms with Gasteiger partial charge in [-0.1, -0.05) is 86.7 Å². The molecule has 2 bridgehead atoms. The van der Waals surface area contributed by atoms with Crippen LogP contribution in [0.2, 0.25) is 0 Å². The fraction of sp³-hybridized carbons (Fsp3) is 0.364. The predicted molar refractivity (Wildman–Crippen MR) is 95.6 cm³/mol. The second kappa shape index (κ2) is 4.44. The van der Waals surface area contributed by atoms with Gasteiger partial charge in [0.05, 0.1) is 0 Å². The Kier molecular flexibility index (Phi) is 2.62. The fourth-order valence-electron chi connectivity index (χ4n) is 5.86. The van der Waals surface area contributed by atoms with Crippen molar-refractivity contribution in [2.24, 2.45) is 27.5 Å². The lowest BCUT2D eigenvalue weighted by atomic mass is 9.61. The van der Waals surface area contributed by atoms with Gasteiger partial charge >= 0.3 is 0 Å². The van der Waals surface area contributed by atoms with Crippen LogP contribution in [0.25, 0.3) is 0 Å². The van der Waals surface area contributed by atoms with Crippen molar-refractivity contribution in [2.75, 3.05) is 0 Å². The van der Waals surface area contributed by atoms with Crippen molar-refractivity contribution < 1.29 is 0 Å². The van der Waals surface area contributed by atoms with Crippen molar-refractivity contribution in [1.82, 2.24) is 0 Å². The molecule has 1 saturated carbocycles. The first-order valence-corrected chi connectivity index (χ1v) is 8.86. The van der Waals surface area contributed by atoms with E-state index in [0.29, 0.717) is 11.8 Å². The van der Waals surface area contributed by atoms with Crippen LogP contribution in [0.1, 0.15) is 31.4 Å².